The molecule has 0 amide bonds. The summed E-state index contributed by atoms with van der Waals surface area (Å²) in [7, 11) is 3.62. The van der Waals surface area contributed by atoms with Gasteiger partial charge < -0.3 is 9.72 Å². The molecule has 29 heavy (non-hydrogen) atoms. The molecule has 0 fully saturated rings. The Morgan fingerprint density at radius 2 is 1.90 bits per heavy atom. The molecule has 7 heteroatoms. The zero-order valence-electron chi connectivity index (χ0n) is 16.1. The third-order valence-corrected chi connectivity index (χ3v) is 5.57. The Labute approximate surface area is 171 Å². The van der Waals surface area contributed by atoms with Crippen LogP contribution in [0.3, 0.4) is 0 Å². The molecule has 2 aromatic heterocycles. The predicted octanol–water partition coefficient (Wildman–Crippen LogP) is 4.43. The van der Waals surface area contributed by atoms with E-state index in [9.17, 15) is 9.18 Å². The van der Waals surface area contributed by atoms with Crippen LogP contribution in [0.5, 0.6) is 5.75 Å². The van der Waals surface area contributed by atoms with Gasteiger partial charge in [-0.3, -0.25) is 9.69 Å². The molecule has 0 aliphatic carbocycles. The molecule has 2 aromatic carbocycles. The summed E-state index contributed by atoms with van der Waals surface area (Å²) in [6, 6.07) is 14.0. The standard InChI is InChI=1S/C22H20FN3O2S/c1-26(11-15-5-3-4-6-18(15)28-2)12-19-24-21(27)20-17(13-29-22(20)25-19)14-7-9-16(23)10-8-14/h3-10,13H,11-12H2,1-2H3,(H,24,25,27). The molecule has 0 spiro atoms. The summed E-state index contributed by atoms with van der Waals surface area (Å²) in [5.74, 6) is 1.13. The molecular formula is C22H20FN3O2S. The van der Waals surface area contributed by atoms with E-state index >= 15 is 0 Å². The van der Waals surface area contributed by atoms with Gasteiger partial charge in [0, 0.05) is 23.1 Å². The van der Waals surface area contributed by atoms with Crippen molar-refractivity contribution in [2.45, 2.75) is 13.1 Å². The fourth-order valence-corrected chi connectivity index (χ4v) is 4.31. The summed E-state index contributed by atoms with van der Waals surface area (Å²) in [5.41, 5.74) is 2.45. The second-order valence-electron chi connectivity index (χ2n) is 6.83. The van der Waals surface area contributed by atoms with Gasteiger partial charge in [-0.2, -0.15) is 0 Å². The molecule has 4 rings (SSSR count). The highest BCUT2D eigenvalue weighted by Crippen LogP contribution is 2.30. The number of aromatic amines is 1. The minimum Gasteiger partial charge on any atom is -0.496 e. The van der Waals surface area contributed by atoms with Crippen LogP contribution >= 0.6 is 11.3 Å². The number of fused-ring (bicyclic) bond motifs is 1. The first-order valence-electron chi connectivity index (χ1n) is 9.12. The Hall–Kier alpha value is -3.03. The van der Waals surface area contributed by atoms with Crippen molar-refractivity contribution in [3.63, 3.8) is 0 Å². The molecule has 0 aliphatic heterocycles. The first-order chi connectivity index (χ1) is 14.0. The first kappa shape index (κ1) is 19.3. The number of ether oxygens (including phenoxy) is 1. The number of benzene rings is 2. The first-order valence-corrected chi connectivity index (χ1v) is 10.00. The van der Waals surface area contributed by atoms with Crippen molar-refractivity contribution >= 4 is 21.6 Å². The van der Waals surface area contributed by atoms with E-state index in [4.69, 9.17) is 4.74 Å². The van der Waals surface area contributed by atoms with E-state index in [1.807, 2.05) is 36.7 Å². The van der Waals surface area contributed by atoms with Crippen molar-refractivity contribution in [1.29, 1.82) is 0 Å². The molecule has 5 nitrogen and oxygen atoms in total. The smallest absolute Gasteiger partial charge is 0.260 e. The summed E-state index contributed by atoms with van der Waals surface area (Å²) in [6.45, 7) is 1.16. The van der Waals surface area contributed by atoms with Crippen LogP contribution in [-0.4, -0.2) is 29.0 Å². The van der Waals surface area contributed by atoms with Gasteiger partial charge in [-0.1, -0.05) is 30.3 Å². The van der Waals surface area contributed by atoms with Crippen LogP contribution in [0.2, 0.25) is 0 Å². The number of hydrogen-bond acceptors (Lipinski definition) is 5. The second-order valence-corrected chi connectivity index (χ2v) is 7.69. The number of nitrogens with one attached hydrogen (secondary N) is 1. The van der Waals surface area contributed by atoms with Gasteiger partial charge in [-0.25, -0.2) is 9.37 Å². The number of hydrogen-bond donors (Lipinski definition) is 1. The highest BCUT2D eigenvalue weighted by molar-refractivity contribution is 7.17. The summed E-state index contributed by atoms with van der Waals surface area (Å²) in [6.07, 6.45) is 0. The third kappa shape index (κ3) is 4.06. The number of halogens is 1. The van der Waals surface area contributed by atoms with E-state index in [0.717, 1.165) is 22.4 Å². The van der Waals surface area contributed by atoms with Gasteiger partial charge in [0.05, 0.1) is 19.0 Å². The predicted molar refractivity (Wildman–Crippen MR) is 114 cm³/mol. The number of H-pyrrole nitrogens is 1. The Morgan fingerprint density at radius 1 is 1.14 bits per heavy atom. The van der Waals surface area contributed by atoms with E-state index in [0.29, 0.717) is 29.1 Å². The number of thiophene rings is 1. The monoisotopic (exact) mass is 409 g/mol. The summed E-state index contributed by atoms with van der Waals surface area (Å²) < 4.78 is 18.6. The number of nitrogens with zero attached hydrogens (tertiary/aromatic N) is 2. The van der Waals surface area contributed by atoms with Gasteiger partial charge in [0.15, 0.2) is 0 Å². The van der Waals surface area contributed by atoms with Gasteiger partial charge in [0.2, 0.25) is 0 Å². The van der Waals surface area contributed by atoms with Crippen LogP contribution in [0, 0.1) is 5.82 Å². The maximum Gasteiger partial charge on any atom is 0.260 e. The number of methoxy groups -OCH3 is 1. The van der Waals surface area contributed by atoms with Crippen LogP contribution in [0.25, 0.3) is 21.3 Å². The number of aromatic nitrogens is 2. The SMILES string of the molecule is COc1ccccc1CN(C)Cc1nc2scc(-c3ccc(F)cc3)c2c(=O)[nH]1. The van der Waals surface area contributed by atoms with Crippen molar-refractivity contribution in [3.05, 3.63) is 81.5 Å². The topological polar surface area (TPSA) is 58.2 Å². The van der Waals surface area contributed by atoms with E-state index in [1.54, 1.807) is 19.2 Å². The molecule has 148 valence electrons. The molecular weight excluding hydrogens is 389 g/mol. The van der Waals surface area contributed by atoms with E-state index < -0.39 is 0 Å². The van der Waals surface area contributed by atoms with Gasteiger partial charge in [0.1, 0.15) is 22.2 Å². The largest absolute Gasteiger partial charge is 0.496 e. The summed E-state index contributed by atoms with van der Waals surface area (Å²) in [5, 5.41) is 2.43. The highest BCUT2D eigenvalue weighted by Gasteiger charge is 2.14. The average Bonchev–Trinajstić information content (AvgIpc) is 3.13. The molecule has 4 aromatic rings. The van der Waals surface area contributed by atoms with Crippen LogP contribution in [-0.2, 0) is 13.1 Å². The van der Waals surface area contributed by atoms with E-state index in [-0.39, 0.29) is 11.4 Å². The Bertz CT molecular complexity index is 1200. The lowest BCUT2D eigenvalue weighted by Gasteiger charge is -2.17. The van der Waals surface area contributed by atoms with E-state index in [1.165, 1.54) is 23.5 Å². The average molecular weight is 409 g/mol. The van der Waals surface area contributed by atoms with Crippen molar-refractivity contribution in [2.75, 3.05) is 14.2 Å². The fraction of sp³-hybridized carbons (Fsp3) is 0.182. The molecule has 2 heterocycles. The zero-order chi connectivity index (χ0) is 20.4. The minimum absolute atomic E-state index is 0.184. The normalized spacial score (nSPS) is 11.3. The van der Waals surface area contributed by atoms with Gasteiger partial charge in [-0.15, -0.1) is 11.3 Å². The molecule has 0 radical (unpaired) electrons. The second kappa shape index (κ2) is 8.14. The number of rotatable bonds is 6. The summed E-state index contributed by atoms with van der Waals surface area (Å²) in [4.78, 5) is 23.0. The molecule has 0 atom stereocenters. The molecule has 0 aliphatic rings. The summed E-state index contributed by atoms with van der Waals surface area (Å²) >= 11 is 1.42. The van der Waals surface area contributed by atoms with Gasteiger partial charge in [-0.05, 0) is 30.8 Å². The van der Waals surface area contributed by atoms with Crippen LogP contribution in [0.4, 0.5) is 4.39 Å². The molecule has 0 unspecified atom stereocenters. The fourth-order valence-electron chi connectivity index (χ4n) is 3.35. The van der Waals surface area contributed by atoms with Crippen molar-refractivity contribution in [3.8, 4) is 16.9 Å². The van der Waals surface area contributed by atoms with Crippen molar-refractivity contribution in [2.24, 2.45) is 0 Å². The Kier molecular flexibility index (Phi) is 5.42. The lowest BCUT2D eigenvalue weighted by atomic mass is 10.1. The Balaban J connectivity index is 1.59. The van der Waals surface area contributed by atoms with Crippen LogP contribution < -0.4 is 10.3 Å². The molecule has 0 saturated heterocycles. The highest BCUT2D eigenvalue weighted by atomic mass is 32.1. The molecule has 0 bridgehead atoms. The Morgan fingerprint density at radius 3 is 2.66 bits per heavy atom. The number of para-hydroxylation sites is 1. The van der Waals surface area contributed by atoms with Gasteiger partial charge in [0.25, 0.3) is 5.56 Å². The zero-order valence-corrected chi connectivity index (χ0v) is 16.9. The molecule has 1 N–H and O–H groups in total. The van der Waals surface area contributed by atoms with Crippen molar-refractivity contribution in [1.82, 2.24) is 14.9 Å². The van der Waals surface area contributed by atoms with Gasteiger partial charge >= 0.3 is 0 Å². The lowest BCUT2D eigenvalue weighted by Crippen LogP contribution is -2.22. The molecule has 0 saturated carbocycles. The van der Waals surface area contributed by atoms with E-state index in [2.05, 4.69) is 14.9 Å². The van der Waals surface area contributed by atoms with Crippen molar-refractivity contribution < 1.29 is 9.13 Å². The minimum atomic E-state index is -0.305. The maximum absolute atomic E-state index is 13.2. The van der Waals surface area contributed by atoms with Crippen LogP contribution in [0.15, 0.2) is 58.7 Å². The lowest BCUT2D eigenvalue weighted by molar-refractivity contribution is 0.303. The maximum atomic E-state index is 13.2. The van der Waals surface area contributed by atoms with Crippen LogP contribution in [0.1, 0.15) is 11.4 Å². The third-order valence-electron chi connectivity index (χ3n) is 4.70. The quantitative estimate of drug-likeness (QED) is 0.512.